The number of methoxy groups -OCH3 is 1. The first-order valence-electron chi connectivity index (χ1n) is 12.7. The molecule has 2 aliphatic rings. The van der Waals surface area contributed by atoms with E-state index < -0.39 is 10.0 Å². The van der Waals surface area contributed by atoms with Gasteiger partial charge in [0.2, 0.25) is 5.13 Å². The van der Waals surface area contributed by atoms with Crippen molar-refractivity contribution >= 4 is 54.8 Å². The van der Waals surface area contributed by atoms with Crippen molar-refractivity contribution in [3.05, 3.63) is 59.3 Å². The zero-order chi connectivity index (χ0) is 27.6. The van der Waals surface area contributed by atoms with E-state index in [0.717, 1.165) is 28.3 Å². The molecular formula is C25H24N8O5S2. The number of pyridine rings is 1. The van der Waals surface area contributed by atoms with E-state index in [2.05, 4.69) is 24.6 Å². The number of carbonyl (C=O) groups excluding carboxylic acids is 1. The lowest BCUT2D eigenvalue weighted by molar-refractivity contribution is 0.217. The van der Waals surface area contributed by atoms with Crippen LogP contribution in [-0.2, 0) is 10.0 Å². The average Bonchev–Trinajstić information content (AvgIpc) is 3.75. The lowest BCUT2D eigenvalue weighted by atomic mass is 10.0. The third-order valence-corrected chi connectivity index (χ3v) is 10.1. The molecule has 1 aliphatic carbocycles. The second-order valence-electron chi connectivity index (χ2n) is 10.1. The maximum Gasteiger partial charge on any atom is 0.329 e. The highest BCUT2D eigenvalue weighted by Crippen LogP contribution is 2.45. The zero-order valence-electron chi connectivity index (χ0n) is 21.2. The molecule has 2 amide bonds. The number of H-pyrrole nitrogens is 1. The van der Waals surface area contributed by atoms with Gasteiger partial charge in [-0.15, -0.1) is 4.37 Å². The molecule has 1 saturated carbocycles. The van der Waals surface area contributed by atoms with E-state index in [0.29, 0.717) is 34.6 Å². The first kappa shape index (κ1) is 24.8. The molecule has 3 atom stereocenters. The number of urea groups is 1. The van der Waals surface area contributed by atoms with Crippen molar-refractivity contribution in [2.45, 2.75) is 23.8 Å². The summed E-state index contributed by atoms with van der Waals surface area (Å²) in [5.41, 5.74) is 1.20. The number of carbonyl (C=O) groups is 1. The normalized spacial score (nSPS) is 20.8. The van der Waals surface area contributed by atoms with E-state index in [1.807, 2.05) is 0 Å². The highest BCUT2D eigenvalue weighted by Gasteiger charge is 2.44. The Morgan fingerprint density at radius 2 is 1.90 bits per heavy atom. The molecule has 1 aromatic carbocycles. The highest BCUT2D eigenvalue weighted by molar-refractivity contribution is 7.90. The molecule has 0 unspecified atom stereocenters. The molecule has 1 saturated heterocycles. The number of aromatic nitrogens is 6. The van der Waals surface area contributed by atoms with E-state index in [-0.39, 0.29) is 46.2 Å². The Morgan fingerprint density at radius 3 is 2.60 bits per heavy atom. The Balaban J connectivity index is 1.16. The van der Waals surface area contributed by atoms with Crippen LogP contribution in [0.1, 0.15) is 18.9 Å². The van der Waals surface area contributed by atoms with Crippen LogP contribution in [0.15, 0.2) is 58.5 Å². The van der Waals surface area contributed by atoms with Gasteiger partial charge in [0.15, 0.2) is 5.65 Å². The average molecular weight is 581 g/mol. The molecule has 0 bridgehead atoms. The maximum absolute atomic E-state index is 13.3. The van der Waals surface area contributed by atoms with E-state index in [1.165, 1.54) is 31.6 Å². The van der Waals surface area contributed by atoms with Gasteiger partial charge >= 0.3 is 17.7 Å². The van der Waals surface area contributed by atoms with Crippen molar-refractivity contribution in [1.82, 2.24) is 32.8 Å². The smallest absolute Gasteiger partial charge is 0.329 e. The number of fused-ring (bicyclic) bond motifs is 4. The molecule has 0 spiro atoms. The van der Waals surface area contributed by atoms with E-state index in [1.54, 1.807) is 33.7 Å². The minimum absolute atomic E-state index is 0.0893. The Bertz CT molecular complexity index is 1910. The van der Waals surface area contributed by atoms with Crippen molar-refractivity contribution in [2.75, 3.05) is 25.5 Å². The zero-order valence-corrected chi connectivity index (χ0v) is 22.9. The van der Waals surface area contributed by atoms with Gasteiger partial charge in [-0.3, -0.25) is 9.88 Å². The molecule has 13 nitrogen and oxygen atoms in total. The third kappa shape index (κ3) is 3.87. The number of ether oxygens (including phenoxy) is 1. The van der Waals surface area contributed by atoms with Gasteiger partial charge in [-0.1, -0.05) is 18.2 Å². The predicted molar refractivity (Wildman–Crippen MR) is 147 cm³/mol. The summed E-state index contributed by atoms with van der Waals surface area (Å²) in [4.78, 5) is 39.3. The second-order valence-corrected chi connectivity index (χ2v) is 12.6. The van der Waals surface area contributed by atoms with E-state index in [9.17, 15) is 18.0 Å². The molecule has 0 radical (unpaired) electrons. The van der Waals surface area contributed by atoms with Crippen molar-refractivity contribution in [1.29, 1.82) is 0 Å². The Hall–Kier alpha value is -4.24. The number of aromatic amines is 1. The maximum atomic E-state index is 13.3. The Kier molecular flexibility index (Phi) is 5.67. The van der Waals surface area contributed by atoms with Crippen molar-refractivity contribution in [2.24, 2.45) is 11.8 Å². The monoisotopic (exact) mass is 580 g/mol. The largest absolute Gasteiger partial charge is 0.466 e. The number of imidazole rings is 1. The molecular weight excluding hydrogens is 556 g/mol. The SMILES string of the molecule is COc1nsc(NC(=O)N2C[C@H]3C[C@H](n4c(=O)[nH]c5cnc6c(ccn6S(=O)(=O)c6ccccc6)c54)C[C@H]3C2)n1. The third-order valence-electron chi connectivity index (χ3n) is 7.84. The van der Waals surface area contributed by atoms with Crippen LogP contribution in [0.5, 0.6) is 6.01 Å². The van der Waals surface area contributed by atoms with Crippen molar-refractivity contribution < 1.29 is 17.9 Å². The van der Waals surface area contributed by atoms with E-state index in [4.69, 9.17) is 4.74 Å². The van der Waals surface area contributed by atoms with Gasteiger partial charge in [-0.05, 0) is 42.9 Å². The number of nitrogens with zero attached hydrogens (tertiary/aromatic N) is 6. The standard InChI is InChI=1S/C25H24N8O5S2/c1-38-22-28-23(39-30-22)29-24(34)31-12-14-9-16(10-15(14)13-31)33-20-18-7-8-32(21(18)26-11-19(20)27-25(33)35)40(36,37)17-5-3-2-4-6-17/h2-8,11,14-16H,9-10,12-13H2,1H3,(H,27,35)(H,28,29,30,34)/t14-,15+,16+. The highest BCUT2D eigenvalue weighted by atomic mass is 32.2. The van der Waals surface area contributed by atoms with Crippen LogP contribution in [0.25, 0.3) is 22.1 Å². The van der Waals surface area contributed by atoms with Crippen LogP contribution in [0, 0.1) is 11.8 Å². The summed E-state index contributed by atoms with van der Waals surface area (Å²) in [5.74, 6) is 0.467. The first-order valence-corrected chi connectivity index (χ1v) is 14.9. The summed E-state index contributed by atoms with van der Waals surface area (Å²) in [7, 11) is -2.40. The van der Waals surface area contributed by atoms with Gasteiger partial charge in [0.05, 0.1) is 29.2 Å². The number of amides is 2. The molecule has 2 fully saturated rings. The summed E-state index contributed by atoms with van der Waals surface area (Å²) in [6, 6.07) is 9.76. The van der Waals surface area contributed by atoms with Gasteiger partial charge in [0.1, 0.15) is 0 Å². The van der Waals surface area contributed by atoms with Gasteiger partial charge in [-0.25, -0.2) is 27.0 Å². The molecule has 5 aromatic rings. The van der Waals surface area contributed by atoms with Gasteiger partial charge in [0, 0.05) is 42.2 Å². The molecule has 2 N–H and O–H groups in total. The van der Waals surface area contributed by atoms with Crippen LogP contribution in [0.4, 0.5) is 9.93 Å². The molecule has 7 rings (SSSR count). The molecule has 1 aliphatic heterocycles. The molecule has 40 heavy (non-hydrogen) atoms. The summed E-state index contributed by atoms with van der Waals surface area (Å²) < 4.78 is 38.5. The number of anilines is 1. The predicted octanol–water partition coefficient (Wildman–Crippen LogP) is 2.89. The molecule has 15 heteroatoms. The van der Waals surface area contributed by atoms with E-state index >= 15 is 0 Å². The van der Waals surface area contributed by atoms with Crippen molar-refractivity contribution in [3.63, 3.8) is 0 Å². The summed E-state index contributed by atoms with van der Waals surface area (Å²) >= 11 is 1.06. The number of rotatable bonds is 5. The molecule has 206 valence electrons. The fraction of sp³-hybridized carbons (Fsp3) is 0.320. The number of likely N-dealkylation sites (tertiary alicyclic amines) is 1. The summed E-state index contributed by atoms with van der Waals surface area (Å²) in [6.45, 7) is 1.14. The Morgan fingerprint density at radius 1 is 1.15 bits per heavy atom. The fourth-order valence-electron chi connectivity index (χ4n) is 6.08. The van der Waals surface area contributed by atoms with Crippen LogP contribution >= 0.6 is 11.5 Å². The van der Waals surface area contributed by atoms with Gasteiger partial charge in [0.25, 0.3) is 10.0 Å². The second kappa shape index (κ2) is 9.16. The fourth-order valence-corrected chi connectivity index (χ4v) is 7.94. The van der Waals surface area contributed by atoms with Gasteiger partial charge < -0.3 is 14.6 Å². The minimum atomic E-state index is -3.87. The Labute approximate surface area is 231 Å². The minimum Gasteiger partial charge on any atom is -0.466 e. The topological polar surface area (TPSA) is 157 Å². The number of benzene rings is 1. The molecule has 4 aromatic heterocycles. The van der Waals surface area contributed by atoms with Crippen molar-refractivity contribution in [3.8, 4) is 6.01 Å². The van der Waals surface area contributed by atoms with Crippen LogP contribution in [-0.4, -0.2) is 67.4 Å². The number of hydrogen-bond acceptors (Lipinski definition) is 9. The summed E-state index contributed by atoms with van der Waals surface area (Å²) in [6.07, 6.45) is 4.44. The summed E-state index contributed by atoms with van der Waals surface area (Å²) in [5, 5.41) is 3.74. The molecule has 5 heterocycles. The van der Waals surface area contributed by atoms with Crippen LogP contribution in [0.3, 0.4) is 0 Å². The lowest BCUT2D eigenvalue weighted by Crippen LogP contribution is -2.34. The lowest BCUT2D eigenvalue weighted by Gasteiger charge is -2.20. The number of nitrogens with one attached hydrogen (secondary N) is 2. The first-order chi connectivity index (χ1) is 19.3. The van der Waals surface area contributed by atoms with Crippen LogP contribution in [0.2, 0.25) is 0 Å². The van der Waals surface area contributed by atoms with Gasteiger partial charge in [-0.2, -0.15) is 4.98 Å². The number of hydrogen-bond donors (Lipinski definition) is 2. The quantitative estimate of drug-likeness (QED) is 0.321. The van der Waals surface area contributed by atoms with Crippen LogP contribution < -0.4 is 15.7 Å².